The Hall–Kier alpha value is -0.520. The molecule has 0 amide bonds. The van der Waals surface area contributed by atoms with Gasteiger partial charge in [-0.2, -0.15) is 33.7 Å². The van der Waals surface area contributed by atoms with Crippen molar-refractivity contribution in [1.29, 1.82) is 0 Å². The first kappa shape index (κ1) is 26.5. The fourth-order valence-electron chi connectivity index (χ4n) is 1.62. The highest BCUT2D eigenvalue weighted by atomic mass is 32.3. The van der Waals surface area contributed by atoms with Crippen molar-refractivity contribution in [1.82, 2.24) is 0 Å². The lowest BCUT2D eigenvalue weighted by atomic mass is 10.1. The highest BCUT2D eigenvalue weighted by Gasteiger charge is 2.27. The Bertz CT molecular complexity index is 793. The van der Waals surface area contributed by atoms with Crippen LogP contribution in [0.3, 0.4) is 0 Å². The smallest absolute Gasteiger partial charge is 0.264 e. The van der Waals surface area contributed by atoms with Gasteiger partial charge in [-0.25, -0.2) is 16.7 Å². The third kappa shape index (κ3) is 18.6. The summed E-state index contributed by atoms with van der Waals surface area (Å²) in [5.74, 6) is 0. The van der Waals surface area contributed by atoms with Crippen molar-refractivity contribution in [3.05, 3.63) is 0 Å². The predicted molar refractivity (Wildman–Crippen MR) is 81.7 cm³/mol. The molecule has 164 valence electrons. The van der Waals surface area contributed by atoms with Crippen molar-refractivity contribution < 1.29 is 68.6 Å². The average Bonchev–Trinajstić information content (AvgIpc) is 2.30. The zero-order valence-corrected chi connectivity index (χ0v) is 16.3. The number of hydrogen-bond acceptors (Lipinski definition) is 12. The zero-order chi connectivity index (χ0) is 21.5. The van der Waals surface area contributed by atoms with Gasteiger partial charge < -0.3 is 0 Å². The van der Waals surface area contributed by atoms with Crippen LogP contribution < -0.4 is 0 Å². The zero-order valence-electron chi connectivity index (χ0n) is 13.0. The van der Waals surface area contributed by atoms with E-state index in [4.69, 9.17) is 18.2 Å². The van der Waals surface area contributed by atoms with Crippen LogP contribution in [0.5, 0.6) is 0 Å². The van der Waals surface area contributed by atoms with Crippen LogP contribution in [0, 0.1) is 0 Å². The molecular formula is C7H16O16S4. The Kier molecular flexibility index (Phi) is 10.1. The van der Waals surface area contributed by atoms with Crippen molar-refractivity contribution in [3.63, 3.8) is 0 Å². The number of hydrogen-bond donors (Lipinski definition) is 4. The fraction of sp³-hybridized carbons (Fsp3) is 1.00. The molecule has 16 nitrogen and oxygen atoms in total. The van der Waals surface area contributed by atoms with Gasteiger partial charge in [0.25, 0.3) is 0 Å². The molecule has 0 bridgehead atoms. The van der Waals surface area contributed by atoms with Crippen molar-refractivity contribution in [2.45, 2.75) is 31.5 Å². The van der Waals surface area contributed by atoms with E-state index in [-0.39, 0.29) is 0 Å². The molecule has 4 N–H and O–H groups in total. The molecule has 0 saturated heterocycles. The van der Waals surface area contributed by atoms with Gasteiger partial charge in [-0.3, -0.25) is 18.2 Å². The van der Waals surface area contributed by atoms with E-state index in [1.807, 2.05) is 0 Å². The molecule has 0 aromatic rings. The molecule has 0 aliphatic rings. The molecule has 0 aliphatic heterocycles. The molecule has 0 radical (unpaired) electrons. The van der Waals surface area contributed by atoms with Crippen LogP contribution in [0.25, 0.3) is 0 Å². The lowest BCUT2D eigenvalue weighted by molar-refractivity contribution is 0.0743. The third-order valence-electron chi connectivity index (χ3n) is 2.39. The summed E-state index contributed by atoms with van der Waals surface area (Å²) < 4.78 is 135. The van der Waals surface area contributed by atoms with Crippen LogP contribution in [-0.4, -0.2) is 77.3 Å². The SMILES string of the molecule is O=S(=O)(O)OCCC(CC(CCOS(=O)(=O)O)OS(=O)(=O)O)OS(=O)(=O)O. The Labute approximate surface area is 155 Å². The summed E-state index contributed by atoms with van der Waals surface area (Å²) in [5.41, 5.74) is 0. The summed E-state index contributed by atoms with van der Waals surface area (Å²) in [6, 6.07) is 0. The number of rotatable bonds is 14. The molecular weight excluding hydrogens is 468 g/mol. The first-order chi connectivity index (χ1) is 11.9. The van der Waals surface area contributed by atoms with Gasteiger partial charge in [0.15, 0.2) is 0 Å². The van der Waals surface area contributed by atoms with Crippen molar-refractivity contribution in [3.8, 4) is 0 Å². The predicted octanol–water partition coefficient (Wildman–Crippen LogP) is -1.83. The van der Waals surface area contributed by atoms with Crippen LogP contribution in [0.2, 0.25) is 0 Å². The van der Waals surface area contributed by atoms with E-state index in [1.54, 1.807) is 0 Å². The second kappa shape index (κ2) is 10.3. The maximum atomic E-state index is 10.8. The topological polar surface area (TPSA) is 254 Å². The van der Waals surface area contributed by atoms with Gasteiger partial charge in [0.2, 0.25) is 0 Å². The molecule has 0 heterocycles. The first-order valence-electron chi connectivity index (χ1n) is 6.41. The minimum absolute atomic E-state index is 0.663. The van der Waals surface area contributed by atoms with Crippen LogP contribution in [0.4, 0.5) is 0 Å². The van der Waals surface area contributed by atoms with E-state index >= 15 is 0 Å². The van der Waals surface area contributed by atoms with Gasteiger partial charge in [0, 0.05) is 19.3 Å². The van der Waals surface area contributed by atoms with Gasteiger partial charge in [-0.15, -0.1) is 0 Å². The Morgan fingerprint density at radius 3 is 1.07 bits per heavy atom. The molecule has 2 unspecified atom stereocenters. The van der Waals surface area contributed by atoms with E-state index in [0.29, 0.717) is 0 Å². The van der Waals surface area contributed by atoms with Crippen LogP contribution in [0.15, 0.2) is 0 Å². The lowest BCUT2D eigenvalue weighted by Crippen LogP contribution is -2.29. The quantitative estimate of drug-likeness (QED) is 0.198. The Morgan fingerprint density at radius 2 is 0.852 bits per heavy atom. The molecule has 27 heavy (non-hydrogen) atoms. The summed E-state index contributed by atoms with van der Waals surface area (Å²) in [6.07, 6.45) is -5.53. The monoisotopic (exact) mass is 484 g/mol. The van der Waals surface area contributed by atoms with Gasteiger partial charge in [0.05, 0.1) is 25.4 Å². The normalized spacial score (nSPS) is 16.1. The second-order valence-corrected chi connectivity index (χ2v) is 8.88. The molecule has 0 fully saturated rings. The van der Waals surface area contributed by atoms with E-state index in [2.05, 4.69) is 16.7 Å². The minimum atomic E-state index is -5.12. The summed E-state index contributed by atoms with van der Waals surface area (Å²) >= 11 is 0. The maximum Gasteiger partial charge on any atom is 0.397 e. The van der Waals surface area contributed by atoms with E-state index in [9.17, 15) is 33.7 Å². The molecule has 2 atom stereocenters. The summed E-state index contributed by atoms with van der Waals surface area (Å²) in [7, 11) is -20.0. The average molecular weight is 484 g/mol. The van der Waals surface area contributed by atoms with E-state index in [1.165, 1.54) is 0 Å². The summed E-state index contributed by atoms with van der Waals surface area (Å²) in [4.78, 5) is 0. The van der Waals surface area contributed by atoms with Crippen molar-refractivity contribution >= 4 is 41.6 Å². The van der Waals surface area contributed by atoms with E-state index in [0.717, 1.165) is 0 Å². The largest absolute Gasteiger partial charge is 0.397 e. The highest BCUT2D eigenvalue weighted by Crippen LogP contribution is 2.17. The van der Waals surface area contributed by atoms with Crippen LogP contribution in [-0.2, 0) is 58.3 Å². The molecule has 0 aromatic carbocycles. The lowest BCUT2D eigenvalue weighted by Gasteiger charge is -2.21. The molecule has 0 aromatic heterocycles. The first-order valence-corrected chi connectivity index (χ1v) is 11.9. The molecule has 0 saturated carbocycles. The Morgan fingerprint density at radius 1 is 0.556 bits per heavy atom. The Balaban J connectivity index is 5.17. The fourth-order valence-corrected chi connectivity index (χ4v) is 3.27. The highest BCUT2D eigenvalue weighted by molar-refractivity contribution is 7.81. The molecule has 0 spiro atoms. The van der Waals surface area contributed by atoms with Crippen molar-refractivity contribution in [2.75, 3.05) is 13.2 Å². The molecule has 0 aliphatic carbocycles. The van der Waals surface area contributed by atoms with Gasteiger partial charge in [0.1, 0.15) is 0 Å². The van der Waals surface area contributed by atoms with Crippen LogP contribution >= 0.6 is 0 Å². The minimum Gasteiger partial charge on any atom is -0.264 e. The standard InChI is InChI=1S/C7H16O16S4/c8-24(9,10)20-3-1-6(22-26(14,15)16)5-7(23-27(17,18)19)2-4-21-25(11,12)13/h6-7H,1-5H2,(H,8,9,10)(H,11,12,13)(H,14,15,16)(H,17,18,19). The maximum absolute atomic E-state index is 10.8. The van der Waals surface area contributed by atoms with Gasteiger partial charge in [-0.05, 0) is 0 Å². The van der Waals surface area contributed by atoms with E-state index < -0.39 is 86.3 Å². The molecule has 0 rings (SSSR count). The summed E-state index contributed by atoms with van der Waals surface area (Å²) in [6.45, 7) is -1.75. The van der Waals surface area contributed by atoms with Gasteiger partial charge >= 0.3 is 41.6 Å². The van der Waals surface area contributed by atoms with Gasteiger partial charge in [-0.1, -0.05) is 0 Å². The van der Waals surface area contributed by atoms with Crippen molar-refractivity contribution in [2.24, 2.45) is 0 Å². The van der Waals surface area contributed by atoms with Crippen LogP contribution in [0.1, 0.15) is 19.3 Å². The summed E-state index contributed by atoms with van der Waals surface area (Å²) in [5, 5.41) is 0. The molecule has 20 heteroatoms. The third-order valence-corrected chi connectivity index (χ3v) is 4.35. The second-order valence-electron chi connectivity index (χ2n) is 4.60.